The second-order valence-corrected chi connectivity index (χ2v) is 6.54. The van der Waals surface area contributed by atoms with E-state index in [-0.39, 0.29) is 0 Å². The van der Waals surface area contributed by atoms with Crippen LogP contribution in [0.4, 0.5) is 0 Å². The SMILES string of the molecule is Brc1nnc(-c2ccc(-c3ccccc3)nc2)n1-c1cccc2nonc12. The Morgan fingerprint density at radius 2 is 1.70 bits per heavy atom. The van der Waals surface area contributed by atoms with Crippen LogP contribution < -0.4 is 0 Å². The Labute approximate surface area is 161 Å². The number of hydrogen-bond acceptors (Lipinski definition) is 6. The van der Waals surface area contributed by atoms with Crippen molar-refractivity contribution in [2.24, 2.45) is 0 Å². The first-order chi connectivity index (χ1) is 13.3. The summed E-state index contributed by atoms with van der Waals surface area (Å²) in [5, 5.41) is 16.4. The summed E-state index contributed by atoms with van der Waals surface area (Å²) in [5.74, 6) is 0.643. The predicted molar refractivity (Wildman–Crippen MR) is 103 cm³/mol. The minimum Gasteiger partial charge on any atom is -0.267 e. The molecule has 27 heavy (non-hydrogen) atoms. The van der Waals surface area contributed by atoms with E-state index in [4.69, 9.17) is 4.63 Å². The number of pyridine rings is 1. The molecule has 0 aliphatic rings. The third kappa shape index (κ3) is 2.70. The zero-order valence-electron chi connectivity index (χ0n) is 13.8. The van der Waals surface area contributed by atoms with E-state index >= 15 is 0 Å². The van der Waals surface area contributed by atoms with Gasteiger partial charge in [-0.3, -0.25) is 9.55 Å². The summed E-state index contributed by atoms with van der Waals surface area (Å²) < 4.78 is 7.28. The van der Waals surface area contributed by atoms with Crippen molar-refractivity contribution in [1.29, 1.82) is 0 Å². The van der Waals surface area contributed by atoms with Crippen molar-refractivity contribution in [2.45, 2.75) is 0 Å². The van der Waals surface area contributed by atoms with Crippen LogP contribution in [-0.4, -0.2) is 30.1 Å². The van der Waals surface area contributed by atoms with E-state index in [0.717, 1.165) is 22.5 Å². The molecule has 0 saturated heterocycles. The molecule has 0 saturated carbocycles. The lowest BCUT2D eigenvalue weighted by atomic mass is 10.1. The van der Waals surface area contributed by atoms with Gasteiger partial charge in [0, 0.05) is 17.3 Å². The van der Waals surface area contributed by atoms with Crippen molar-refractivity contribution < 1.29 is 4.63 Å². The lowest BCUT2D eigenvalue weighted by Gasteiger charge is -2.08. The molecule has 0 aliphatic heterocycles. The van der Waals surface area contributed by atoms with Gasteiger partial charge in [-0.2, -0.15) is 0 Å². The average molecular weight is 419 g/mol. The quantitative estimate of drug-likeness (QED) is 0.434. The first kappa shape index (κ1) is 15.8. The molecule has 7 nitrogen and oxygen atoms in total. The fourth-order valence-corrected chi connectivity index (χ4v) is 3.38. The molecular weight excluding hydrogens is 408 g/mol. The summed E-state index contributed by atoms with van der Waals surface area (Å²) in [7, 11) is 0. The molecule has 0 fully saturated rings. The molecule has 130 valence electrons. The summed E-state index contributed by atoms with van der Waals surface area (Å²) in [6.07, 6.45) is 1.79. The Morgan fingerprint density at radius 3 is 2.52 bits per heavy atom. The van der Waals surface area contributed by atoms with Crippen LogP contribution in [0, 0.1) is 0 Å². The summed E-state index contributed by atoms with van der Waals surface area (Å²) in [4.78, 5) is 4.58. The Kier molecular flexibility index (Phi) is 3.75. The van der Waals surface area contributed by atoms with E-state index in [1.54, 1.807) is 6.20 Å². The van der Waals surface area contributed by atoms with E-state index in [1.807, 2.05) is 65.2 Å². The van der Waals surface area contributed by atoms with Gasteiger partial charge in [-0.1, -0.05) is 36.4 Å². The van der Waals surface area contributed by atoms with Crippen LogP contribution in [0.15, 0.2) is 76.2 Å². The molecule has 0 amide bonds. The van der Waals surface area contributed by atoms with Crippen LogP contribution in [0.1, 0.15) is 0 Å². The van der Waals surface area contributed by atoms with Gasteiger partial charge in [0.25, 0.3) is 0 Å². The maximum Gasteiger partial charge on any atom is 0.205 e. The van der Waals surface area contributed by atoms with Gasteiger partial charge in [0.05, 0.1) is 11.4 Å². The van der Waals surface area contributed by atoms with Crippen LogP contribution in [0.5, 0.6) is 0 Å². The molecule has 0 bridgehead atoms. The molecule has 0 atom stereocenters. The number of hydrogen-bond donors (Lipinski definition) is 0. The number of halogens is 1. The van der Waals surface area contributed by atoms with E-state index in [9.17, 15) is 0 Å². The molecule has 0 unspecified atom stereocenters. The Morgan fingerprint density at radius 1 is 0.815 bits per heavy atom. The zero-order chi connectivity index (χ0) is 18.2. The largest absolute Gasteiger partial charge is 0.267 e. The van der Waals surface area contributed by atoms with E-state index in [2.05, 4.69) is 41.4 Å². The molecular formula is C19H11BrN6O. The first-order valence-electron chi connectivity index (χ1n) is 8.16. The highest BCUT2D eigenvalue weighted by Gasteiger charge is 2.18. The monoisotopic (exact) mass is 418 g/mol. The van der Waals surface area contributed by atoms with Gasteiger partial charge in [0.2, 0.25) is 4.73 Å². The molecule has 0 radical (unpaired) electrons. The molecule has 5 aromatic rings. The van der Waals surface area contributed by atoms with Crippen LogP contribution in [0.3, 0.4) is 0 Å². The van der Waals surface area contributed by atoms with Gasteiger partial charge in [0.1, 0.15) is 5.52 Å². The Balaban J connectivity index is 1.62. The van der Waals surface area contributed by atoms with Crippen molar-refractivity contribution in [3.05, 3.63) is 71.6 Å². The molecule has 0 aliphatic carbocycles. The van der Waals surface area contributed by atoms with E-state index in [1.165, 1.54) is 0 Å². The molecule has 0 N–H and O–H groups in total. The van der Waals surface area contributed by atoms with Crippen LogP contribution >= 0.6 is 15.9 Å². The van der Waals surface area contributed by atoms with Gasteiger partial charge in [-0.05, 0) is 50.5 Å². The van der Waals surface area contributed by atoms with Gasteiger partial charge in [-0.15, -0.1) is 10.2 Å². The molecule has 2 aromatic carbocycles. The standard InChI is InChI=1S/C19H11BrN6O/c20-19-23-22-18(26(19)16-8-4-7-15-17(16)25-27-24-15)13-9-10-14(21-11-13)12-5-2-1-3-6-12/h1-11H. The summed E-state index contributed by atoms with van der Waals surface area (Å²) >= 11 is 3.47. The summed E-state index contributed by atoms with van der Waals surface area (Å²) in [5.41, 5.74) is 4.86. The first-order valence-corrected chi connectivity index (χ1v) is 8.95. The minimum absolute atomic E-state index is 0.556. The van der Waals surface area contributed by atoms with Crippen LogP contribution in [0.2, 0.25) is 0 Å². The smallest absolute Gasteiger partial charge is 0.205 e. The van der Waals surface area contributed by atoms with Crippen molar-refractivity contribution >= 4 is 27.0 Å². The van der Waals surface area contributed by atoms with Crippen molar-refractivity contribution in [2.75, 3.05) is 0 Å². The van der Waals surface area contributed by atoms with Gasteiger partial charge < -0.3 is 0 Å². The molecule has 3 aromatic heterocycles. The lowest BCUT2D eigenvalue weighted by Crippen LogP contribution is -1.99. The number of nitrogens with zero attached hydrogens (tertiary/aromatic N) is 6. The minimum atomic E-state index is 0.556. The Bertz CT molecular complexity index is 1230. The molecule has 0 spiro atoms. The topological polar surface area (TPSA) is 82.5 Å². The highest BCUT2D eigenvalue weighted by molar-refractivity contribution is 9.10. The van der Waals surface area contributed by atoms with Crippen LogP contribution in [0.25, 0.3) is 39.4 Å². The van der Waals surface area contributed by atoms with Crippen molar-refractivity contribution in [1.82, 2.24) is 30.1 Å². The fourth-order valence-electron chi connectivity index (χ4n) is 2.94. The second kappa shape index (κ2) is 6.40. The molecule has 3 heterocycles. The second-order valence-electron chi connectivity index (χ2n) is 5.84. The molecule has 8 heteroatoms. The number of rotatable bonds is 3. The third-order valence-electron chi connectivity index (χ3n) is 4.22. The van der Waals surface area contributed by atoms with Gasteiger partial charge in [-0.25, -0.2) is 4.63 Å². The van der Waals surface area contributed by atoms with E-state index < -0.39 is 0 Å². The average Bonchev–Trinajstić information content (AvgIpc) is 3.35. The fraction of sp³-hybridized carbons (Fsp3) is 0. The number of fused-ring (bicyclic) bond motifs is 1. The summed E-state index contributed by atoms with van der Waals surface area (Å²) in [6.45, 7) is 0. The summed E-state index contributed by atoms with van der Waals surface area (Å²) in [6, 6.07) is 19.6. The highest BCUT2D eigenvalue weighted by atomic mass is 79.9. The van der Waals surface area contributed by atoms with Gasteiger partial charge >= 0.3 is 0 Å². The van der Waals surface area contributed by atoms with E-state index in [0.29, 0.717) is 21.6 Å². The highest BCUT2D eigenvalue weighted by Crippen LogP contribution is 2.29. The normalized spacial score (nSPS) is 11.1. The van der Waals surface area contributed by atoms with Crippen molar-refractivity contribution in [3.63, 3.8) is 0 Å². The third-order valence-corrected chi connectivity index (χ3v) is 4.73. The Hall–Kier alpha value is -3.39. The molecule has 5 rings (SSSR count). The maximum absolute atomic E-state index is 4.87. The van der Waals surface area contributed by atoms with Gasteiger partial charge in [0.15, 0.2) is 11.3 Å². The van der Waals surface area contributed by atoms with Crippen molar-refractivity contribution in [3.8, 4) is 28.3 Å². The lowest BCUT2D eigenvalue weighted by molar-refractivity contribution is 0.315. The predicted octanol–water partition coefficient (Wildman–Crippen LogP) is 4.30. The number of aromatic nitrogens is 6. The zero-order valence-corrected chi connectivity index (χ0v) is 15.4. The maximum atomic E-state index is 4.87. The van der Waals surface area contributed by atoms with Crippen LogP contribution in [-0.2, 0) is 0 Å². The number of benzene rings is 2.